The molecule has 0 spiro atoms. The van der Waals surface area contributed by atoms with Crippen LogP contribution in [0.1, 0.15) is 54.6 Å². The number of imidazole rings is 1. The molecular formula is C32H40ClN7O2. The largest absolute Gasteiger partial charge is 0.366 e. The van der Waals surface area contributed by atoms with E-state index in [9.17, 15) is 9.59 Å². The summed E-state index contributed by atoms with van der Waals surface area (Å²) in [4.78, 5) is 32.7. The molecule has 1 saturated carbocycles. The summed E-state index contributed by atoms with van der Waals surface area (Å²) >= 11 is 0. The molecule has 1 aliphatic carbocycles. The number of carbonyl (C=O) groups excluding carboxylic acids is 2. The Morgan fingerprint density at radius 3 is 2.40 bits per heavy atom. The van der Waals surface area contributed by atoms with Gasteiger partial charge in [-0.3, -0.25) is 18.8 Å². The third-order valence-corrected chi connectivity index (χ3v) is 7.99. The van der Waals surface area contributed by atoms with Crippen LogP contribution in [-0.2, 0) is 18.3 Å². The van der Waals surface area contributed by atoms with E-state index in [4.69, 9.17) is 10.7 Å². The summed E-state index contributed by atoms with van der Waals surface area (Å²) in [6.07, 6.45) is 11.7. The van der Waals surface area contributed by atoms with Crippen molar-refractivity contribution in [2.45, 2.75) is 57.0 Å². The van der Waals surface area contributed by atoms with E-state index in [1.54, 1.807) is 16.9 Å². The van der Waals surface area contributed by atoms with Crippen molar-refractivity contribution in [3.63, 3.8) is 0 Å². The second-order valence-corrected chi connectivity index (χ2v) is 11.1. The van der Waals surface area contributed by atoms with Crippen molar-refractivity contribution < 1.29 is 9.59 Å². The van der Waals surface area contributed by atoms with Crippen LogP contribution < -0.4 is 11.1 Å². The Bertz CT molecular complexity index is 1500. The van der Waals surface area contributed by atoms with Gasteiger partial charge >= 0.3 is 0 Å². The van der Waals surface area contributed by atoms with Crippen LogP contribution in [0.4, 0.5) is 0 Å². The Balaban J connectivity index is 0.00000405. The average molecular weight is 590 g/mol. The predicted molar refractivity (Wildman–Crippen MR) is 168 cm³/mol. The highest BCUT2D eigenvalue weighted by Gasteiger charge is 2.24. The van der Waals surface area contributed by atoms with Crippen molar-refractivity contribution in [2.24, 2.45) is 12.8 Å². The molecule has 4 aromatic rings. The molecule has 0 atom stereocenters. The molecule has 2 aromatic heterocycles. The maximum absolute atomic E-state index is 12.7. The van der Waals surface area contributed by atoms with Gasteiger partial charge in [0.2, 0.25) is 11.8 Å². The molecule has 1 aliphatic rings. The molecule has 1 fully saturated rings. The minimum Gasteiger partial charge on any atom is -0.366 e. The van der Waals surface area contributed by atoms with Crippen LogP contribution in [0.25, 0.3) is 28.2 Å². The molecule has 222 valence electrons. The molecule has 2 amide bonds. The van der Waals surface area contributed by atoms with Crippen LogP contribution in [0.2, 0.25) is 0 Å². The first-order valence-electron chi connectivity index (χ1n) is 14.3. The number of nitrogens with zero attached hydrogens (tertiary/aromatic N) is 5. The normalized spacial score (nSPS) is 16.7. The van der Waals surface area contributed by atoms with E-state index >= 15 is 0 Å². The van der Waals surface area contributed by atoms with Gasteiger partial charge in [0.1, 0.15) is 5.82 Å². The Morgan fingerprint density at radius 1 is 1.02 bits per heavy atom. The van der Waals surface area contributed by atoms with E-state index in [2.05, 4.69) is 29.4 Å². The average Bonchev–Trinajstić information content (AvgIpc) is 3.59. The fraction of sp³-hybridized carbons (Fsp3) is 0.375. The highest BCUT2D eigenvalue weighted by atomic mass is 35.5. The van der Waals surface area contributed by atoms with Crippen molar-refractivity contribution in [1.29, 1.82) is 0 Å². The van der Waals surface area contributed by atoms with Gasteiger partial charge < -0.3 is 16.0 Å². The molecule has 2 aromatic carbocycles. The number of hydrogen-bond donors (Lipinski definition) is 2. The highest BCUT2D eigenvalue weighted by Crippen LogP contribution is 2.36. The lowest BCUT2D eigenvalue weighted by molar-refractivity contribution is -0.122. The molecule has 0 unspecified atom stereocenters. The molecule has 2 heterocycles. The van der Waals surface area contributed by atoms with Gasteiger partial charge in [-0.15, -0.1) is 12.4 Å². The van der Waals surface area contributed by atoms with Gasteiger partial charge in [-0.1, -0.05) is 30.3 Å². The lowest BCUT2D eigenvalue weighted by Crippen LogP contribution is -2.41. The first-order valence-corrected chi connectivity index (χ1v) is 14.3. The Morgan fingerprint density at radius 2 is 1.76 bits per heavy atom. The smallest absolute Gasteiger partial charge is 0.249 e. The molecule has 42 heavy (non-hydrogen) atoms. The molecule has 0 aliphatic heterocycles. The van der Waals surface area contributed by atoms with Crippen molar-refractivity contribution in [1.82, 2.24) is 29.5 Å². The monoisotopic (exact) mass is 589 g/mol. The zero-order chi connectivity index (χ0) is 28.9. The molecule has 10 heteroatoms. The number of carbonyl (C=O) groups is 2. The standard InChI is InChI=1S/C32H39N7O2.ClH/c1-37(2)25-17-15-23(16-18-25)35-29(40)14-7-9-24-21-39(26-10-5-4-6-11-26)32(36-24)30-27(22-19-34-38(3)20-22)12-8-13-28(30)31(33)41;/h4-6,8,10-13,19-21,23,25H,7,9,14-18H2,1-3H3,(H2,33,41)(H,35,40);1H. The summed E-state index contributed by atoms with van der Waals surface area (Å²) in [6.45, 7) is 0. The van der Waals surface area contributed by atoms with E-state index in [0.29, 0.717) is 42.3 Å². The van der Waals surface area contributed by atoms with Crippen molar-refractivity contribution in [3.8, 4) is 28.2 Å². The number of nitrogens with two attached hydrogens (primary N) is 1. The maximum Gasteiger partial charge on any atom is 0.249 e. The first-order chi connectivity index (χ1) is 19.8. The molecular weight excluding hydrogens is 550 g/mol. The third-order valence-electron chi connectivity index (χ3n) is 7.99. The number of aryl methyl sites for hydroxylation is 2. The van der Waals surface area contributed by atoms with Gasteiger partial charge in [-0.05, 0) is 76.4 Å². The van der Waals surface area contributed by atoms with Gasteiger partial charge in [-0.2, -0.15) is 5.10 Å². The Labute approximate surface area is 253 Å². The van der Waals surface area contributed by atoms with E-state index < -0.39 is 5.91 Å². The molecule has 0 bridgehead atoms. The molecule has 3 N–H and O–H groups in total. The number of benzene rings is 2. The Kier molecular flexibility index (Phi) is 10.2. The minimum atomic E-state index is -0.522. The zero-order valence-corrected chi connectivity index (χ0v) is 25.3. The molecule has 0 radical (unpaired) electrons. The number of hydrogen-bond acceptors (Lipinski definition) is 5. The van der Waals surface area contributed by atoms with E-state index in [1.165, 1.54) is 0 Å². The van der Waals surface area contributed by atoms with Crippen molar-refractivity contribution in [2.75, 3.05) is 14.1 Å². The number of halogens is 1. The van der Waals surface area contributed by atoms with Crippen molar-refractivity contribution >= 4 is 24.2 Å². The maximum atomic E-state index is 12.7. The van der Waals surface area contributed by atoms with E-state index in [0.717, 1.165) is 48.2 Å². The van der Waals surface area contributed by atoms with E-state index in [-0.39, 0.29) is 24.4 Å². The van der Waals surface area contributed by atoms with Crippen molar-refractivity contribution in [3.05, 3.63) is 78.4 Å². The van der Waals surface area contributed by atoms with Crippen LogP contribution in [0, 0.1) is 0 Å². The lowest BCUT2D eigenvalue weighted by Gasteiger charge is -2.33. The second-order valence-electron chi connectivity index (χ2n) is 11.1. The zero-order valence-electron chi connectivity index (χ0n) is 24.5. The number of rotatable bonds is 10. The fourth-order valence-corrected chi connectivity index (χ4v) is 5.78. The number of aromatic nitrogens is 4. The predicted octanol–water partition coefficient (Wildman–Crippen LogP) is 4.77. The van der Waals surface area contributed by atoms with Gasteiger partial charge in [0, 0.05) is 54.8 Å². The SMILES string of the molecule is CN(C)C1CCC(NC(=O)CCCc2cn(-c3ccccc3)c(-c3c(C(N)=O)cccc3-c3cnn(C)c3)n2)CC1.Cl. The third kappa shape index (κ3) is 7.09. The highest BCUT2D eigenvalue weighted by molar-refractivity contribution is 6.03. The summed E-state index contributed by atoms with van der Waals surface area (Å²) in [5.41, 5.74) is 10.4. The van der Waals surface area contributed by atoms with Crippen LogP contribution in [-0.4, -0.2) is 62.2 Å². The lowest BCUT2D eigenvalue weighted by atomic mass is 9.90. The summed E-state index contributed by atoms with van der Waals surface area (Å²) in [5.74, 6) is 0.201. The van der Waals surface area contributed by atoms with Crippen LogP contribution in [0.5, 0.6) is 0 Å². The second kappa shape index (κ2) is 13.8. The number of amides is 2. The summed E-state index contributed by atoms with van der Waals surface area (Å²) in [7, 11) is 6.11. The van der Waals surface area contributed by atoms with Gasteiger partial charge in [0.15, 0.2) is 0 Å². The summed E-state index contributed by atoms with van der Waals surface area (Å²) in [5, 5.41) is 7.57. The first kappa shape index (κ1) is 31.0. The molecule has 0 saturated heterocycles. The number of para-hydroxylation sites is 1. The van der Waals surface area contributed by atoms with Crippen LogP contribution in [0.15, 0.2) is 67.1 Å². The minimum absolute atomic E-state index is 0. The topological polar surface area (TPSA) is 111 Å². The van der Waals surface area contributed by atoms with Gasteiger partial charge in [0.05, 0.1) is 17.5 Å². The van der Waals surface area contributed by atoms with Crippen LogP contribution >= 0.6 is 12.4 Å². The van der Waals surface area contributed by atoms with Crippen LogP contribution in [0.3, 0.4) is 0 Å². The number of nitrogens with one attached hydrogen (secondary N) is 1. The number of primary amides is 1. The van der Waals surface area contributed by atoms with E-state index in [1.807, 2.05) is 66.5 Å². The summed E-state index contributed by atoms with van der Waals surface area (Å²) in [6, 6.07) is 16.3. The summed E-state index contributed by atoms with van der Waals surface area (Å²) < 4.78 is 3.73. The van der Waals surface area contributed by atoms with Gasteiger partial charge in [-0.25, -0.2) is 4.98 Å². The molecule has 9 nitrogen and oxygen atoms in total. The Hall–Kier alpha value is -3.95. The van der Waals surface area contributed by atoms with Gasteiger partial charge in [0.25, 0.3) is 0 Å². The quantitative estimate of drug-likeness (QED) is 0.277. The molecule has 5 rings (SSSR count). The fourth-order valence-electron chi connectivity index (χ4n) is 5.78.